The first-order valence-corrected chi connectivity index (χ1v) is 7.14. The molecule has 0 bridgehead atoms. The van der Waals surface area contributed by atoms with Gasteiger partial charge in [0.05, 0.1) is 0 Å². The number of halogens is 1. The lowest BCUT2D eigenvalue weighted by molar-refractivity contribution is -0.113. The van der Waals surface area contributed by atoms with Gasteiger partial charge in [-0.3, -0.25) is 13.9 Å². The van der Waals surface area contributed by atoms with E-state index in [-0.39, 0.29) is 27.0 Å². The van der Waals surface area contributed by atoms with Crippen molar-refractivity contribution in [1.29, 1.82) is 0 Å². The van der Waals surface area contributed by atoms with Gasteiger partial charge in [-0.2, -0.15) is 4.21 Å². The second-order valence-corrected chi connectivity index (χ2v) is 6.32. The van der Waals surface area contributed by atoms with E-state index in [1.165, 1.54) is 12.1 Å². The summed E-state index contributed by atoms with van der Waals surface area (Å²) in [6.45, 7) is 0. The molecule has 0 radical (unpaired) electrons. The number of rotatable bonds is 3. The predicted octanol–water partition coefficient (Wildman–Crippen LogP) is 0.296. The minimum atomic E-state index is -3.97. The largest absolute Gasteiger partial charge is 0.430 e. The summed E-state index contributed by atoms with van der Waals surface area (Å²) in [4.78, 5) is 11.2. The van der Waals surface area contributed by atoms with Crippen LogP contribution in [-0.4, -0.2) is 35.2 Å². The van der Waals surface area contributed by atoms with Crippen molar-refractivity contribution in [2.24, 2.45) is 0 Å². The first kappa shape index (κ1) is 13.2. The number of carbonyl (C=O) groups is 1. The van der Waals surface area contributed by atoms with E-state index in [1.807, 2.05) is 0 Å². The molecule has 16 heavy (non-hydrogen) atoms. The van der Waals surface area contributed by atoms with E-state index >= 15 is 0 Å². The average Bonchev–Trinajstić information content (AvgIpc) is 2.18. The van der Waals surface area contributed by atoms with Crippen molar-refractivity contribution in [3.8, 4) is 0 Å². The highest BCUT2D eigenvalue weighted by molar-refractivity contribution is 8.34. The molecule has 88 valence electrons. The molecule has 10 heteroatoms. The molecule has 1 amide bonds. The van der Waals surface area contributed by atoms with Crippen molar-refractivity contribution < 1.29 is 18.1 Å². The summed E-state index contributed by atoms with van der Waals surface area (Å²) in [5.41, 5.74) is 0. The molecule has 1 aromatic rings. The molecule has 0 saturated carbocycles. The van der Waals surface area contributed by atoms with Crippen LogP contribution in [0.3, 0.4) is 0 Å². The minimum Gasteiger partial charge on any atom is -0.304 e. The van der Waals surface area contributed by atoms with Gasteiger partial charge in [-0.15, -0.1) is 10.2 Å². The van der Waals surface area contributed by atoms with Crippen molar-refractivity contribution in [2.75, 3.05) is 11.1 Å². The van der Waals surface area contributed by atoms with Crippen LogP contribution >= 0.6 is 11.6 Å². The van der Waals surface area contributed by atoms with Crippen LogP contribution < -0.4 is 5.32 Å². The summed E-state index contributed by atoms with van der Waals surface area (Å²) >= 11 is 5.47. The molecule has 0 atom stereocenters. The maximum Gasteiger partial charge on any atom is 0.430 e. The van der Waals surface area contributed by atoms with Crippen LogP contribution in [0, 0.1) is 0 Å². The molecule has 1 heterocycles. The Labute approximate surface area is 99.5 Å². The monoisotopic (exact) mass is 284 g/mol. The molecule has 0 spiro atoms. The Bertz CT molecular complexity index is 489. The van der Waals surface area contributed by atoms with E-state index in [9.17, 15) is 9.00 Å². The molecule has 0 aliphatic heterocycles. The normalized spacial score (nSPS) is 10.9. The fourth-order valence-corrected chi connectivity index (χ4v) is 1.91. The number of amides is 1. The predicted molar refractivity (Wildman–Crippen MR) is 61.3 cm³/mol. The summed E-state index contributed by atoms with van der Waals surface area (Å²) < 4.78 is 27.4. The van der Waals surface area contributed by atoms with Gasteiger partial charge in [0.1, 0.15) is 0 Å². The van der Waals surface area contributed by atoms with Gasteiger partial charge >= 0.3 is 19.4 Å². The van der Waals surface area contributed by atoms with Crippen molar-refractivity contribution in [3.63, 3.8) is 0 Å². The van der Waals surface area contributed by atoms with Gasteiger partial charge in [0.15, 0.2) is 11.0 Å². The summed E-state index contributed by atoms with van der Waals surface area (Å²) in [6.07, 6.45) is 0. The molecular weight excluding hydrogens is 278 g/mol. The Morgan fingerprint density at radius 1 is 1.50 bits per heavy atom. The van der Waals surface area contributed by atoms with E-state index < -0.39 is 15.0 Å². The zero-order chi connectivity index (χ0) is 12.2. The standard InChI is InChI=1S/C6H6ClN3O4S2/c7-4-1-2-5(10-9-4)8-6(11)3-15-16(12,13)14/h1-2H,3H2,(H2-,8,10,11,12,13,14)/p+1. The molecule has 7 nitrogen and oxygen atoms in total. The van der Waals surface area contributed by atoms with Crippen LogP contribution in [0.15, 0.2) is 12.1 Å². The number of carbonyl (C=O) groups excluding carboxylic acids is 1. The van der Waals surface area contributed by atoms with E-state index in [2.05, 4.69) is 15.5 Å². The lowest BCUT2D eigenvalue weighted by Gasteiger charge is -1.97. The Kier molecular flexibility index (Phi) is 4.50. The van der Waals surface area contributed by atoms with Gasteiger partial charge in [-0.05, 0) is 12.1 Å². The van der Waals surface area contributed by atoms with Crippen molar-refractivity contribution >= 4 is 42.7 Å². The van der Waals surface area contributed by atoms with Crippen molar-refractivity contribution in [2.45, 2.75) is 0 Å². The van der Waals surface area contributed by atoms with Crippen LogP contribution in [-0.2, 0) is 24.2 Å². The van der Waals surface area contributed by atoms with Gasteiger partial charge in [-0.25, -0.2) is 0 Å². The fourth-order valence-electron chi connectivity index (χ4n) is 0.692. The lowest BCUT2D eigenvalue weighted by Crippen LogP contribution is -2.18. The Hall–Kier alpha value is -0.870. The fraction of sp³-hybridized carbons (Fsp3) is 0.167. The highest BCUT2D eigenvalue weighted by atomic mass is 35.5. The number of aromatic nitrogens is 2. The summed E-state index contributed by atoms with van der Waals surface area (Å²) in [5.74, 6) is -0.800. The Morgan fingerprint density at radius 3 is 2.69 bits per heavy atom. The van der Waals surface area contributed by atoms with Crippen LogP contribution in [0.2, 0.25) is 5.15 Å². The number of anilines is 1. The van der Waals surface area contributed by atoms with Crippen molar-refractivity contribution in [1.82, 2.24) is 10.2 Å². The smallest absolute Gasteiger partial charge is 0.304 e. The second kappa shape index (κ2) is 5.46. The van der Waals surface area contributed by atoms with E-state index in [4.69, 9.17) is 20.7 Å². The number of hydrogen-bond donors (Lipinski definition) is 3. The van der Waals surface area contributed by atoms with Gasteiger partial charge in [-0.1, -0.05) is 11.6 Å². The highest BCUT2D eigenvalue weighted by Gasteiger charge is 2.15. The first-order chi connectivity index (χ1) is 7.37. The van der Waals surface area contributed by atoms with E-state index in [0.29, 0.717) is 0 Å². The SMILES string of the molecule is O=C(C[S+]=S(=O)(O)O)Nc1ccc(Cl)nn1. The third-order valence-corrected chi connectivity index (χ3v) is 3.41. The van der Waals surface area contributed by atoms with Gasteiger partial charge in [0.25, 0.3) is 11.7 Å². The molecule has 0 aliphatic rings. The van der Waals surface area contributed by atoms with Crippen LogP contribution in [0.25, 0.3) is 0 Å². The molecule has 1 rings (SSSR count). The highest BCUT2D eigenvalue weighted by Crippen LogP contribution is 2.05. The van der Waals surface area contributed by atoms with Crippen molar-refractivity contribution in [3.05, 3.63) is 17.3 Å². The molecule has 3 N–H and O–H groups in total. The third kappa shape index (κ3) is 5.28. The molecule has 0 unspecified atom stereocenters. The lowest BCUT2D eigenvalue weighted by atomic mass is 10.5. The molecule has 0 fully saturated rings. The Balaban J connectivity index is 2.59. The van der Waals surface area contributed by atoms with E-state index in [0.717, 1.165) is 0 Å². The van der Waals surface area contributed by atoms with Crippen LogP contribution in [0.1, 0.15) is 0 Å². The quantitative estimate of drug-likeness (QED) is 0.688. The topological polar surface area (TPSA) is 112 Å². The second-order valence-electron chi connectivity index (χ2n) is 2.50. The number of nitrogens with one attached hydrogen (secondary N) is 1. The number of nitrogens with zero attached hydrogens (tertiary/aromatic N) is 2. The summed E-state index contributed by atoms with van der Waals surface area (Å²) in [6, 6.07) is 2.85. The van der Waals surface area contributed by atoms with Gasteiger partial charge < -0.3 is 5.32 Å². The summed E-state index contributed by atoms with van der Waals surface area (Å²) in [7, 11) is -3.75. The molecule has 0 aliphatic carbocycles. The van der Waals surface area contributed by atoms with Crippen LogP contribution in [0.4, 0.5) is 5.82 Å². The first-order valence-electron chi connectivity index (χ1n) is 3.79. The average molecular weight is 285 g/mol. The zero-order valence-electron chi connectivity index (χ0n) is 7.66. The molecule has 0 aromatic carbocycles. The molecular formula is C6H7ClN3O4S2+. The third-order valence-electron chi connectivity index (χ3n) is 1.24. The Morgan fingerprint density at radius 2 is 2.19 bits per heavy atom. The summed E-state index contributed by atoms with van der Waals surface area (Å²) in [5, 5.41) is 9.51. The van der Waals surface area contributed by atoms with Crippen LogP contribution in [0.5, 0.6) is 0 Å². The molecule has 0 saturated heterocycles. The minimum absolute atomic E-state index is 0.164. The van der Waals surface area contributed by atoms with Gasteiger partial charge in [0, 0.05) is 0 Å². The molecule has 1 aromatic heterocycles. The maximum absolute atomic E-state index is 11.2. The van der Waals surface area contributed by atoms with E-state index in [1.54, 1.807) is 0 Å². The maximum atomic E-state index is 11.2. The number of hydrogen-bond acceptors (Lipinski definition) is 4. The van der Waals surface area contributed by atoms with Gasteiger partial charge in [0.2, 0.25) is 0 Å². The zero-order valence-corrected chi connectivity index (χ0v) is 10.1.